The summed E-state index contributed by atoms with van der Waals surface area (Å²) in [7, 11) is -0.226. The maximum absolute atomic E-state index is 4.37. The fraction of sp³-hybridized carbons (Fsp3) is 0. The van der Waals surface area contributed by atoms with Crippen LogP contribution in [0.5, 0.6) is 0 Å². The van der Waals surface area contributed by atoms with Crippen molar-refractivity contribution in [3.8, 4) is 0 Å². The second-order valence-corrected chi connectivity index (χ2v) is 7.50. The van der Waals surface area contributed by atoms with E-state index >= 15 is 0 Å². The van der Waals surface area contributed by atoms with Crippen molar-refractivity contribution >= 4 is 74.9 Å². The van der Waals surface area contributed by atoms with Gasteiger partial charge in [0.1, 0.15) is 0 Å². The lowest BCUT2D eigenvalue weighted by molar-refractivity contribution is 0.771. The highest BCUT2D eigenvalue weighted by Gasteiger charge is 2.27. The Balaban J connectivity index is 2.10. The van der Waals surface area contributed by atoms with Gasteiger partial charge in [0, 0.05) is 29.3 Å². The fourth-order valence-corrected chi connectivity index (χ4v) is 2.92. The Bertz CT molecular complexity index is 609. The first kappa shape index (κ1) is 13.8. The molecule has 0 aliphatic rings. The maximum Gasteiger partial charge on any atom is 0.568 e. The Morgan fingerprint density at radius 1 is 0.684 bits per heavy atom. The van der Waals surface area contributed by atoms with Crippen LogP contribution < -0.4 is 0 Å². The van der Waals surface area contributed by atoms with Crippen LogP contribution in [0.4, 0.5) is 0 Å². The van der Waals surface area contributed by atoms with Crippen molar-refractivity contribution in [2.75, 3.05) is 0 Å². The SMILES string of the molecule is Ic1cnn(B(n2cc(I)cn2)n2cc(I)cn2)c1. The van der Waals surface area contributed by atoms with E-state index in [4.69, 9.17) is 0 Å². The van der Waals surface area contributed by atoms with E-state index in [2.05, 4.69) is 83.1 Å². The van der Waals surface area contributed by atoms with E-state index in [0.29, 0.717) is 0 Å². The topological polar surface area (TPSA) is 53.5 Å². The molecule has 0 saturated carbocycles. The first-order valence-corrected chi connectivity index (χ1v) is 8.46. The van der Waals surface area contributed by atoms with Gasteiger partial charge in [-0.05, 0) is 67.8 Å². The molecule has 0 amide bonds. The molecule has 0 atom stereocenters. The molecule has 0 radical (unpaired) electrons. The van der Waals surface area contributed by atoms with Gasteiger partial charge in [0.15, 0.2) is 0 Å². The van der Waals surface area contributed by atoms with Gasteiger partial charge in [-0.15, -0.1) is 0 Å². The maximum atomic E-state index is 4.37. The smallest absolute Gasteiger partial charge is 0.267 e. The average molecular weight is 590 g/mol. The summed E-state index contributed by atoms with van der Waals surface area (Å²) >= 11 is 6.71. The van der Waals surface area contributed by atoms with Gasteiger partial charge in [0.25, 0.3) is 0 Å². The molecule has 0 fully saturated rings. The van der Waals surface area contributed by atoms with Crippen LogP contribution >= 0.6 is 67.8 Å². The summed E-state index contributed by atoms with van der Waals surface area (Å²) in [4.78, 5) is 0. The summed E-state index contributed by atoms with van der Waals surface area (Å²) < 4.78 is 8.75. The van der Waals surface area contributed by atoms with Crippen LogP contribution in [0.1, 0.15) is 0 Å². The summed E-state index contributed by atoms with van der Waals surface area (Å²) in [5.74, 6) is 0. The molecule has 0 aliphatic carbocycles. The van der Waals surface area contributed by atoms with E-state index in [9.17, 15) is 0 Å². The van der Waals surface area contributed by atoms with Gasteiger partial charge in [0.05, 0.1) is 18.6 Å². The van der Waals surface area contributed by atoms with E-state index in [1.807, 2.05) is 51.0 Å². The van der Waals surface area contributed by atoms with Crippen molar-refractivity contribution < 1.29 is 0 Å². The molecule has 0 spiro atoms. The van der Waals surface area contributed by atoms with Crippen LogP contribution in [0.2, 0.25) is 0 Å². The van der Waals surface area contributed by atoms with Crippen LogP contribution in [0, 0.1) is 10.7 Å². The molecule has 96 valence electrons. The highest BCUT2D eigenvalue weighted by Crippen LogP contribution is 2.09. The highest BCUT2D eigenvalue weighted by atomic mass is 127. The molecular weight excluding hydrogens is 584 g/mol. The van der Waals surface area contributed by atoms with Crippen LogP contribution in [0.25, 0.3) is 0 Å². The Hall–Kier alpha value is -0.115. The molecule has 3 aromatic rings. The van der Waals surface area contributed by atoms with Crippen molar-refractivity contribution in [1.29, 1.82) is 0 Å². The number of rotatable bonds is 3. The van der Waals surface area contributed by atoms with E-state index in [1.165, 1.54) is 0 Å². The molecule has 3 rings (SSSR count). The molecule has 3 aromatic heterocycles. The Morgan fingerprint density at radius 2 is 1.00 bits per heavy atom. The number of aromatic nitrogens is 6. The van der Waals surface area contributed by atoms with Crippen molar-refractivity contribution in [1.82, 2.24) is 29.1 Å². The predicted octanol–water partition coefficient (Wildman–Crippen LogP) is 2.02. The summed E-state index contributed by atoms with van der Waals surface area (Å²) in [6.45, 7) is 0. The quantitative estimate of drug-likeness (QED) is 0.347. The number of nitrogens with zero attached hydrogens (tertiary/aromatic N) is 6. The predicted molar refractivity (Wildman–Crippen MR) is 96.8 cm³/mol. The second kappa shape index (κ2) is 5.71. The monoisotopic (exact) mass is 590 g/mol. The third kappa shape index (κ3) is 2.98. The third-order valence-electron chi connectivity index (χ3n) is 2.42. The van der Waals surface area contributed by atoms with Gasteiger partial charge in [-0.2, -0.15) is 15.3 Å². The zero-order valence-electron chi connectivity index (χ0n) is 9.36. The van der Waals surface area contributed by atoms with Crippen molar-refractivity contribution in [2.24, 2.45) is 0 Å². The zero-order chi connectivity index (χ0) is 13.4. The molecule has 0 N–H and O–H groups in total. The molecule has 19 heavy (non-hydrogen) atoms. The van der Waals surface area contributed by atoms with Crippen LogP contribution in [0.15, 0.2) is 37.2 Å². The molecular formula is C9H6BI3N6. The minimum atomic E-state index is -0.226. The van der Waals surface area contributed by atoms with Gasteiger partial charge < -0.3 is 0 Å². The second-order valence-electron chi connectivity index (χ2n) is 3.76. The summed E-state index contributed by atoms with van der Waals surface area (Å²) in [6, 6.07) is 0. The fourth-order valence-electron chi connectivity index (χ4n) is 1.69. The van der Waals surface area contributed by atoms with Crippen molar-refractivity contribution in [3.05, 3.63) is 47.9 Å². The van der Waals surface area contributed by atoms with E-state index in [0.717, 1.165) is 10.7 Å². The largest absolute Gasteiger partial charge is 0.568 e. The van der Waals surface area contributed by atoms with Crippen LogP contribution in [-0.4, -0.2) is 36.2 Å². The van der Waals surface area contributed by atoms with Gasteiger partial charge in [-0.3, -0.25) is 13.8 Å². The van der Waals surface area contributed by atoms with Gasteiger partial charge in [-0.1, -0.05) is 0 Å². The minimum Gasteiger partial charge on any atom is -0.267 e. The van der Waals surface area contributed by atoms with E-state index in [-0.39, 0.29) is 7.12 Å². The molecule has 0 saturated heterocycles. The van der Waals surface area contributed by atoms with Crippen LogP contribution in [-0.2, 0) is 0 Å². The van der Waals surface area contributed by atoms with E-state index in [1.54, 1.807) is 0 Å². The molecule has 3 heterocycles. The zero-order valence-corrected chi connectivity index (χ0v) is 15.8. The van der Waals surface area contributed by atoms with Crippen molar-refractivity contribution in [2.45, 2.75) is 0 Å². The molecule has 0 bridgehead atoms. The van der Waals surface area contributed by atoms with Crippen molar-refractivity contribution in [3.63, 3.8) is 0 Å². The molecule has 6 nitrogen and oxygen atoms in total. The summed E-state index contributed by atoms with van der Waals surface area (Å²) in [6.07, 6.45) is 11.3. The van der Waals surface area contributed by atoms with Gasteiger partial charge in [-0.25, -0.2) is 0 Å². The average Bonchev–Trinajstić information content (AvgIpc) is 3.05. The highest BCUT2D eigenvalue weighted by molar-refractivity contribution is 14.1. The first-order valence-electron chi connectivity index (χ1n) is 5.22. The summed E-state index contributed by atoms with van der Waals surface area (Å²) in [5, 5.41) is 13.1. The van der Waals surface area contributed by atoms with Gasteiger partial charge >= 0.3 is 7.12 Å². The normalized spacial score (nSPS) is 10.9. The lowest BCUT2D eigenvalue weighted by Gasteiger charge is -2.12. The molecule has 0 aliphatic heterocycles. The lowest BCUT2D eigenvalue weighted by atomic mass is 9.96. The molecule has 0 aromatic carbocycles. The lowest BCUT2D eigenvalue weighted by Crippen LogP contribution is -2.42. The first-order chi connectivity index (χ1) is 9.13. The number of halogens is 3. The third-order valence-corrected chi connectivity index (χ3v) is 4.09. The molecule has 0 unspecified atom stereocenters. The Labute approximate surface area is 150 Å². The Morgan fingerprint density at radius 3 is 1.21 bits per heavy atom. The van der Waals surface area contributed by atoms with E-state index < -0.39 is 0 Å². The Kier molecular flexibility index (Phi) is 4.16. The standard InChI is InChI=1S/C9H6BI3N6/c11-7-1-14-17(4-7)10(18-5-8(12)2-15-18)19-6-9(13)3-16-19/h1-6H. The van der Waals surface area contributed by atoms with Gasteiger partial charge in [0.2, 0.25) is 0 Å². The summed E-state index contributed by atoms with van der Waals surface area (Å²) in [5.41, 5.74) is 0. The molecule has 10 heteroatoms. The van der Waals surface area contributed by atoms with Crippen LogP contribution in [0.3, 0.4) is 0 Å². The minimum absolute atomic E-state index is 0.226. The number of hydrogen-bond acceptors (Lipinski definition) is 3. The number of hydrogen-bond donors (Lipinski definition) is 0.